The predicted molar refractivity (Wildman–Crippen MR) is 127 cm³/mol. The van der Waals surface area contributed by atoms with Crippen molar-refractivity contribution in [2.24, 2.45) is 0 Å². The number of carbonyl (C=O) groups is 3. The van der Waals surface area contributed by atoms with Crippen molar-refractivity contribution in [1.29, 1.82) is 0 Å². The monoisotopic (exact) mass is 460 g/mol. The molecule has 1 aliphatic rings. The molecule has 158 valence electrons. The van der Waals surface area contributed by atoms with Gasteiger partial charge in [-0.05, 0) is 36.8 Å². The fraction of sp³-hybridized carbons (Fsp3) is 0.0800. The average Bonchev–Trinajstić information content (AvgIpc) is 3.27. The van der Waals surface area contributed by atoms with E-state index in [1.165, 1.54) is 16.2 Å². The van der Waals surface area contributed by atoms with Crippen molar-refractivity contribution in [2.45, 2.75) is 6.92 Å². The van der Waals surface area contributed by atoms with E-state index >= 15 is 0 Å². The summed E-state index contributed by atoms with van der Waals surface area (Å²) in [5.74, 6) is -1.19. The van der Waals surface area contributed by atoms with E-state index in [2.05, 4.69) is 0 Å². The molecule has 7 heteroatoms. The first kappa shape index (κ1) is 20.4. The van der Waals surface area contributed by atoms with Crippen LogP contribution in [-0.2, 0) is 0 Å². The quantitative estimate of drug-likeness (QED) is 0.363. The summed E-state index contributed by atoms with van der Waals surface area (Å²) in [6, 6.07) is 21.6. The maximum absolute atomic E-state index is 13.8. The normalized spacial score (nSPS) is 13.0. The van der Waals surface area contributed by atoms with Gasteiger partial charge >= 0.3 is 0 Å². The summed E-state index contributed by atoms with van der Waals surface area (Å²) < 4.78 is 0.895. The van der Waals surface area contributed by atoms with Crippen LogP contribution in [0.4, 0.5) is 5.69 Å². The van der Waals surface area contributed by atoms with Crippen LogP contribution in [0.1, 0.15) is 36.0 Å². The van der Waals surface area contributed by atoms with E-state index in [4.69, 9.17) is 11.6 Å². The van der Waals surface area contributed by atoms with Crippen LogP contribution in [-0.4, -0.2) is 29.3 Å². The summed E-state index contributed by atoms with van der Waals surface area (Å²) in [6.45, 7) is 1.67. The summed E-state index contributed by atoms with van der Waals surface area (Å²) in [4.78, 5) is 42.6. The molecule has 32 heavy (non-hydrogen) atoms. The third-order valence-electron chi connectivity index (χ3n) is 5.54. The summed E-state index contributed by atoms with van der Waals surface area (Å²) in [5.41, 5.74) is 2.14. The Bertz CT molecular complexity index is 1380. The molecule has 0 saturated carbocycles. The smallest absolute Gasteiger partial charge is 0.271 e. The van der Waals surface area contributed by atoms with Crippen molar-refractivity contribution >= 4 is 56.4 Å². The van der Waals surface area contributed by atoms with Crippen molar-refractivity contribution in [3.63, 3.8) is 0 Å². The molecule has 1 aromatic heterocycles. The average molecular weight is 461 g/mol. The second-order valence-electron chi connectivity index (χ2n) is 7.49. The standard InChI is InChI=1S/C25H17ClN2O3S/c1-15-8-2-6-12-19(15)27(14-28-23(29)16-9-3-4-10-17(16)24(28)30)25(31)22-21(26)18-11-5-7-13-20(18)32-22/h2-13H,14H2,1H3. The van der Waals surface area contributed by atoms with Crippen molar-refractivity contribution in [3.8, 4) is 0 Å². The van der Waals surface area contributed by atoms with Gasteiger partial charge in [0.2, 0.25) is 0 Å². The van der Waals surface area contributed by atoms with Gasteiger partial charge in [0.1, 0.15) is 11.5 Å². The van der Waals surface area contributed by atoms with Gasteiger partial charge in [-0.15, -0.1) is 11.3 Å². The molecule has 0 aliphatic carbocycles. The minimum Gasteiger partial charge on any atom is -0.289 e. The van der Waals surface area contributed by atoms with Gasteiger partial charge in [0.25, 0.3) is 17.7 Å². The maximum atomic E-state index is 13.8. The van der Waals surface area contributed by atoms with Crippen LogP contribution in [0.3, 0.4) is 0 Å². The Balaban J connectivity index is 1.59. The third-order valence-corrected chi connectivity index (χ3v) is 7.20. The van der Waals surface area contributed by atoms with Gasteiger partial charge in [-0.25, -0.2) is 0 Å². The van der Waals surface area contributed by atoms with Gasteiger partial charge in [-0.1, -0.05) is 60.1 Å². The highest BCUT2D eigenvalue weighted by molar-refractivity contribution is 7.21. The highest BCUT2D eigenvalue weighted by Gasteiger charge is 2.38. The molecule has 3 amide bonds. The number of rotatable bonds is 4. The number of halogens is 1. The highest BCUT2D eigenvalue weighted by Crippen LogP contribution is 2.37. The molecule has 4 aromatic rings. The fourth-order valence-electron chi connectivity index (χ4n) is 3.90. The summed E-state index contributed by atoms with van der Waals surface area (Å²) in [7, 11) is 0. The van der Waals surface area contributed by atoms with E-state index in [0.29, 0.717) is 26.7 Å². The Morgan fingerprint density at radius 3 is 2.16 bits per heavy atom. The number of hydrogen-bond acceptors (Lipinski definition) is 4. The third kappa shape index (κ3) is 3.20. The molecule has 0 saturated heterocycles. The second-order valence-corrected chi connectivity index (χ2v) is 8.92. The summed E-state index contributed by atoms with van der Waals surface area (Å²) >= 11 is 7.88. The molecule has 0 N–H and O–H groups in total. The number of hydrogen-bond donors (Lipinski definition) is 0. The Morgan fingerprint density at radius 1 is 0.906 bits per heavy atom. The lowest BCUT2D eigenvalue weighted by molar-refractivity contribution is 0.0650. The zero-order chi connectivity index (χ0) is 22.4. The van der Waals surface area contributed by atoms with Crippen LogP contribution in [0.25, 0.3) is 10.1 Å². The zero-order valence-electron chi connectivity index (χ0n) is 17.0. The molecule has 1 aliphatic heterocycles. The molecule has 0 fully saturated rings. The van der Waals surface area contributed by atoms with Crippen LogP contribution < -0.4 is 4.90 Å². The lowest BCUT2D eigenvalue weighted by Gasteiger charge is -2.28. The highest BCUT2D eigenvalue weighted by atomic mass is 35.5. The van der Waals surface area contributed by atoms with Crippen LogP contribution >= 0.6 is 22.9 Å². The number of fused-ring (bicyclic) bond motifs is 2. The van der Waals surface area contributed by atoms with Gasteiger partial charge in [-0.3, -0.25) is 24.2 Å². The number of benzene rings is 3. The molecule has 3 aromatic carbocycles. The van der Waals surface area contributed by atoms with E-state index in [9.17, 15) is 14.4 Å². The summed E-state index contributed by atoms with van der Waals surface area (Å²) in [5, 5.41) is 1.17. The summed E-state index contributed by atoms with van der Waals surface area (Å²) in [6.07, 6.45) is 0. The van der Waals surface area contributed by atoms with Crippen molar-refractivity contribution in [2.75, 3.05) is 11.6 Å². The molecular weight excluding hydrogens is 444 g/mol. The van der Waals surface area contributed by atoms with E-state index in [0.717, 1.165) is 20.5 Å². The van der Waals surface area contributed by atoms with Crippen molar-refractivity contribution < 1.29 is 14.4 Å². The van der Waals surface area contributed by atoms with Crippen LogP contribution in [0.15, 0.2) is 72.8 Å². The molecular formula is C25H17ClN2O3S. The molecule has 2 heterocycles. The minimum absolute atomic E-state index is 0.208. The number of carbonyl (C=O) groups excluding carboxylic acids is 3. The predicted octanol–water partition coefficient (Wildman–Crippen LogP) is 5.76. The number of thiophene rings is 1. The molecule has 5 nitrogen and oxygen atoms in total. The van der Waals surface area contributed by atoms with Gasteiger partial charge in [0.15, 0.2) is 0 Å². The lowest BCUT2D eigenvalue weighted by Crippen LogP contribution is -2.44. The SMILES string of the molecule is Cc1ccccc1N(CN1C(=O)c2ccccc2C1=O)C(=O)c1sc2ccccc2c1Cl. The molecule has 0 unspecified atom stereocenters. The largest absolute Gasteiger partial charge is 0.289 e. The second kappa shape index (κ2) is 7.89. The fourth-order valence-corrected chi connectivity index (χ4v) is 5.36. The maximum Gasteiger partial charge on any atom is 0.271 e. The lowest BCUT2D eigenvalue weighted by atomic mass is 10.1. The Kier molecular flexibility index (Phi) is 5.04. The van der Waals surface area contributed by atoms with Crippen LogP contribution in [0, 0.1) is 6.92 Å². The number of anilines is 1. The Hall–Kier alpha value is -3.48. The van der Waals surface area contributed by atoms with E-state index in [-0.39, 0.29) is 12.6 Å². The Labute approximate surface area is 193 Å². The molecule has 0 radical (unpaired) electrons. The van der Waals surface area contributed by atoms with Gasteiger partial charge < -0.3 is 0 Å². The molecule has 5 rings (SSSR count). The zero-order valence-corrected chi connectivity index (χ0v) is 18.6. The number of para-hydroxylation sites is 1. The first-order chi connectivity index (χ1) is 15.5. The van der Waals surface area contributed by atoms with E-state index < -0.39 is 11.8 Å². The number of nitrogens with zero attached hydrogens (tertiary/aromatic N) is 2. The van der Waals surface area contributed by atoms with E-state index in [1.807, 2.05) is 49.4 Å². The van der Waals surface area contributed by atoms with Gasteiger partial charge in [0.05, 0.1) is 16.1 Å². The molecule has 0 bridgehead atoms. The minimum atomic E-state index is -0.417. The van der Waals surface area contributed by atoms with Crippen LogP contribution in [0.2, 0.25) is 5.02 Å². The molecule has 0 spiro atoms. The van der Waals surface area contributed by atoms with Gasteiger partial charge in [-0.2, -0.15) is 0 Å². The Morgan fingerprint density at radius 2 is 1.50 bits per heavy atom. The van der Waals surface area contributed by atoms with Gasteiger partial charge in [0, 0.05) is 15.8 Å². The number of imide groups is 1. The number of aryl methyl sites for hydroxylation is 1. The number of amides is 3. The first-order valence-corrected chi connectivity index (χ1v) is 11.2. The molecule has 0 atom stereocenters. The van der Waals surface area contributed by atoms with E-state index in [1.54, 1.807) is 30.3 Å². The van der Waals surface area contributed by atoms with Crippen molar-refractivity contribution in [3.05, 3.63) is 99.4 Å². The van der Waals surface area contributed by atoms with Crippen LogP contribution in [0.5, 0.6) is 0 Å². The van der Waals surface area contributed by atoms with Crippen molar-refractivity contribution in [1.82, 2.24) is 4.90 Å². The first-order valence-electron chi connectivity index (χ1n) is 9.97. The topological polar surface area (TPSA) is 57.7 Å².